The van der Waals surface area contributed by atoms with Crippen molar-refractivity contribution >= 4 is 43.5 Å². The van der Waals surface area contributed by atoms with Crippen LogP contribution in [0.25, 0.3) is 55.8 Å². The Bertz CT molecular complexity index is 2120. The quantitative estimate of drug-likeness (QED) is 0.264. The zero-order valence-electron chi connectivity index (χ0n) is 22.5. The van der Waals surface area contributed by atoms with E-state index in [1.807, 2.05) is 0 Å². The van der Waals surface area contributed by atoms with Crippen molar-refractivity contribution in [3.63, 3.8) is 0 Å². The van der Waals surface area contributed by atoms with E-state index in [0.717, 1.165) is 10.6 Å². The molecular weight excluding hydrogens is 564 g/mol. The first-order chi connectivity index (χ1) is 20.0. The number of hydrogen-bond donors (Lipinski definition) is 2. The predicted octanol–water partition coefficient (Wildman–Crippen LogP) is 5.54. The van der Waals surface area contributed by atoms with Crippen LogP contribution in [-0.2, 0) is 10.0 Å². The Kier molecular flexibility index (Phi) is 6.49. The third-order valence-electron chi connectivity index (χ3n) is 6.94. The van der Waals surface area contributed by atoms with Gasteiger partial charge in [-0.1, -0.05) is 6.07 Å². The predicted molar refractivity (Wildman–Crippen MR) is 155 cm³/mol. The summed E-state index contributed by atoms with van der Waals surface area (Å²) in [5.41, 5.74) is 2.94. The molecule has 1 radical (unpaired) electrons. The molecule has 0 saturated carbocycles. The molecule has 0 bridgehead atoms. The largest absolute Gasteiger partial charge is 0.455 e. The van der Waals surface area contributed by atoms with Gasteiger partial charge in [0.1, 0.15) is 34.9 Å². The molecule has 2 N–H and O–H groups in total. The summed E-state index contributed by atoms with van der Waals surface area (Å²) in [6.07, 6.45) is 5.26. The van der Waals surface area contributed by atoms with Gasteiger partial charge in [-0.25, -0.2) is 27.2 Å². The van der Waals surface area contributed by atoms with Crippen molar-refractivity contribution in [2.24, 2.45) is 0 Å². The number of furan rings is 1. The van der Waals surface area contributed by atoms with Crippen molar-refractivity contribution in [3.8, 4) is 34.0 Å². The lowest BCUT2D eigenvalue weighted by atomic mass is 10.0. The lowest BCUT2D eigenvalue weighted by molar-refractivity contribution is 0.0964. The topological polar surface area (TPSA) is 121 Å². The van der Waals surface area contributed by atoms with E-state index >= 15 is 0 Å². The number of benzene rings is 3. The highest BCUT2D eigenvalue weighted by Gasteiger charge is 2.26. The lowest BCUT2D eigenvalue weighted by Crippen LogP contribution is -2.25. The highest BCUT2D eigenvalue weighted by atomic mass is 32.2. The van der Waals surface area contributed by atoms with E-state index in [-0.39, 0.29) is 34.0 Å². The number of fused-ring (bicyclic) bond motifs is 2. The Labute approximate surface area is 238 Å². The van der Waals surface area contributed by atoms with Crippen LogP contribution < -0.4 is 9.62 Å². The van der Waals surface area contributed by atoms with Gasteiger partial charge in [0.15, 0.2) is 0 Å². The average molecular weight is 587 g/mol. The van der Waals surface area contributed by atoms with Gasteiger partial charge in [0.25, 0.3) is 5.91 Å². The van der Waals surface area contributed by atoms with Gasteiger partial charge in [0.2, 0.25) is 10.0 Å². The molecule has 3 aromatic carbocycles. The maximum absolute atomic E-state index is 14.3. The van der Waals surface area contributed by atoms with Crippen molar-refractivity contribution in [2.75, 3.05) is 24.7 Å². The zero-order valence-corrected chi connectivity index (χ0v) is 23.3. The highest BCUT2D eigenvalue weighted by molar-refractivity contribution is 7.92. The number of sulfonamides is 1. The van der Waals surface area contributed by atoms with Gasteiger partial charge in [0.05, 0.1) is 35.1 Å². The molecular formula is C30H22F2N5O4S. The first-order valence-electron chi connectivity index (χ1n) is 12.6. The highest BCUT2D eigenvalue weighted by Crippen LogP contribution is 2.41. The summed E-state index contributed by atoms with van der Waals surface area (Å²) in [5.74, 6) is -1.14. The third kappa shape index (κ3) is 4.65. The molecule has 0 aliphatic heterocycles. The van der Waals surface area contributed by atoms with Crippen molar-refractivity contribution in [3.05, 3.63) is 90.3 Å². The van der Waals surface area contributed by atoms with Gasteiger partial charge in [0, 0.05) is 47.6 Å². The molecule has 0 saturated heterocycles. The van der Waals surface area contributed by atoms with Crippen LogP contribution in [0.4, 0.5) is 14.5 Å². The number of carbonyl (C=O) groups excluding carboxylic acids is 1. The first-order valence-corrected chi connectivity index (χ1v) is 14.4. The van der Waals surface area contributed by atoms with Gasteiger partial charge in [-0.3, -0.25) is 9.10 Å². The number of nitrogens with one attached hydrogen (secondary N) is 2. The van der Waals surface area contributed by atoms with E-state index in [0.29, 0.717) is 33.1 Å². The fourth-order valence-electron chi connectivity index (χ4n) is 4.76. The van der Waals surface area contributed by atoms with Crippen LogP contribution in [0.5, 0.6) is 0 Å². The van der Waals surface area contributed by atoms with Gasteiger partial charge in [-0.2, -0.15) is 0 Å². The van der Waals surface area contributed by atoms with Crippen LogP contribution in [0.3, 0.4) is 0 Å². The fraction of sp³-hybridized carbons (Fsp3) is 0.100. The molecule has 3 heterocycles. The molecule has 0 spiro atoms. The maximum Gasteiger partial charge on any atom is 0.255 e. The number of H-pyrrole nitrogens is 1. The van der Waals surface area contributed by atoms with E-state index in [1.165, 1.54) is 56.7 Å². The molecule has 0 aliphatic rings. The number of aromatic nitrogens is 3. The smallest absolute Gasteiger partial charge is 0.255 e. The van der Waals surface area contributed by atoms with E-state index in [9.17, 15) is 22.0 Å². The Balaban J connectivity index is 1.60. The molecule has 0 unspecified atom stereocenters. The monoisotopic (exact) mass is 586 g/mol. The molecule has 3 aromatic heterocycles. The Hall–Kier alpha value is -5.10. The Morgan fingerprint density at radius 2 is 1.83 bits per heavy atom. The molecule has 1 amide bonds. The number of rotatable bonds is 6. The summed E-state index contributed by atoms with van der Waals surface area (Å²) in [7, 11) is -0.903. The minimum Gasteiger partial charge on any atom is -0.455 e. The van der Waals surface area contributed by atoms with E-state index in [1.54, 1.807) is 24.3 Å². The van der Waals surface area contributed by atoms with Crippen LogP contribution in [-0.4, -0.2) is 49.6 Å². The second-order valence-corrected chi connectivity index (χ2v) is 11.6. The summed E-state index contributed by atoms with van der Waals surface area (Å²) in [6.45, 7) is 0. The third-order valence-corrected chi connectivity index (χ3v) is 8.13. The van der Waals surface area contributed by atoms with E-state index < -0.39 is 27.6 Å². The molecule has 6 aromatic rings. The molecule has 211 valence electrons. The van der Waals surface area contributed by atoms with Gasteiger partial charge in [-0.15, -0.1) is 0 Å². The number of aromatic amines is 1. The fourth-order valence-corrected chi connectivity index (χ4v) is 5.26. The standard InChI is InChI=1S/C30H22F2N5O4S/c1-33-30(38)28-20-11-19(24-14-34-15-25(36-24)23-12-18-21(32)5-4-6-22(18)35-23)26(37(2)42(3,39)40)13-27(20)41-29(28)16-7-9-17(31)10-8-16/h4-14,35H,1-3H3,(H,33,38). The van der Waals surface area contributed by atoms with Crippen LogP contribution in [0.1, 0.15) is 10.4 Å². The number of nitrogens with zero attached hydrogens (tertiary/aromatic N) is 3. The van der Waals surface area contributed by atoms with Gasteiger partial charge >= 0.3 is 0 Å². The number of amides is 1. The van der Waals surface area contributed by atoms with Crippen molar-refractivity contribution in [2.45, 2.75) is 0 Å². The molecule has 42 heavy (non-hydrogen) atoms. The summed E-state index contributed by atoms with van der Waals surface area (Å²) >= 11 is 0. The van der Waals surface area contributed by atoms with Gasteiger partial charge in [-0.05, 0) is 48.5 Å². The number of hydrogen-bond acceptors (Lipinski definition) is 6. The second kappa shape index (κ2) is 10.1. The molecule has 0 aliphatic carbocycles. The molecule has 9 nitrogen and oxygen atoms in total. The van der Waals surface area contributed by atoms with E-state index in [2.05, 4.69) is 26.5 Å². The Morgan fingerprint density at radius 1 is 1.07 bits per heavy atom. The molecule has 0 fully saturated rings. The molecule has 12 heteroatoms. The number of anilines is 1. The van der Waals surface area contributed by atoms with Crippen molar-refractivity contribution in [1.82, 2.24) is 20.3 Å². The average Bonchev–Trinajstić information content (AvgIpc) is 3.58. The van der Waals surface area contributed by atoms with Crippen LogP contribution in [0.2, 0.25) is 0 Å². The van der Waals surface area contributed by atoms with Crippen LogP contribution in [0.15, 0.2) is 71.3 Å². The first kappa shape index (κ1) is 27.1. The minimum atomic E-state index is -3.75. The Morgan fingerprint density at radius 3 is 2.52 bits per heavy atom. The summed E-state index contributed by atoms with van der Waals surface area (Å²) in [6, 6.07) is 14.8. The summed E-state index contributed by atoms with van der Waals surface area (Å²) < 4.78 is 60.5. The zero-order chi connectivity index (χ0) is 29.8. The van der Waals surface area contributed by atoms with Crippen LogP contribution >= 0.6 is 0 Å². The SMILES string of the molecule is CNC(=O)c1c(-c2ccc(F)cc2)oc2cc(N(C)S(C)(=O)=O)c(-c3cn[c]c(-c4cc5c(F)cccc5[nH]4)n3)cc12. The van der Waals surface area contributed by atoms with Crippen molar-refractivity contribution < 1.29 is 26.4 Å². The molecule has 0 atom stereocenters. The summed E-state index contributed by atoms with van der Waals surface area (Å²) in [4.78, 5) is 25.1. The molecule has 6 rings (SSSR count). The minimum absolute atomic E-state index is 0.177. The van der Waals surface area contributed by atoms with Crippen LogP contribution in [0, 0.1) is 17.8 Å². The summed E-state index contributed by atoms with van der Waals surface area (Å²) in [5, 5.41) is 3.35. The second-order valence-electron chi connectivity index (χ2n) is 9.59. The lowest BCUT2D eigenvalue weighted by Gasteiger charge is -2.20. The number of halogens is 2. The van der Waals surface area contributed by atoms with Crippen molar-refractivity contribution in [1.29, 1.82) is 0 Å². The van der Waals surface area contributed by atoms with Gasteiger partial charge < -0.3 is 14.7 Å². The maximum atomic E-state index is 14.3. The number of carbonyl (C=O) groups is 1. The normalized spacial score (nSPS) is 11.7. The van der Waals surface area contributed by atoms with E-state index in [4.69, 9.17) is 4.42 Å².